The van der Waals surface area contributed by atoms with E-state index < -0.39 is 29.2 Å². The van der Waals surface area contributed by atoms with Gasteiger partial charge >= 0.3 is 5.97 Å². The fraction of sp³-hybridized carbons (Fsp3) is 0.312. The van der Waals surface area contributed by atoms with Gasteiger partial charge in [0.1, 0.15) is 27.8 Å². The van der Waals surface area contributed by atoms with Gasteiger partial charge in [0.05, 0.1) is 17.9 Å². The summed E-state index contributed by atoms with van der Waals surface area (Å²) in [5.41, 5.74) is 5.83. The molecule has 1 fully saturated rings. The number of β-lactam (4-membered cyclic amide) rings is 1. The number of hydrogen-bond acceptors (Lipinski definition) is 13. The molecule has 33 heavy (non-hydrogen) atoms. The normalized spacial score (nSPS) is 20.1. The van der Waals surface area contributed by atoms with Crippen molar-refractivity contribution >= 4 is 105 Å². The van der Waals surface area contributed by atoms with Crippen LogP contribution in [0.15, 0.2) is 33.0 Å². The van der Waals surface area contributed by atoms with Crippen LogP contribution in [-0.2, 0) is 14.4 Å². The number of aliphatic carboxylic acids is 1. The molecule has 0 aromatic carbocycles. The van der Waals surface area contributed by atoms with Crippen molar-refractivity contribution in [3.05, 3.63) is 28.5 Å². The second kappa shape index (κ2) is 11.2. The third-order valence-electron chi connectivity index (χ3n) is 4.61. The Hall–Kier alpha value is -1.69. The van der Waals surface area contributed by atoms with E-state index in [1.165, 1.54) is 33.8 Å². The monoisotopic (exact) mass is 536 g/mol. The number of rotatable bonds is 8. The number of carbonyl (C=O) groups is 3. The molecule has 0 unspecified atom stereocenters. The van der Waals surface area contributed by atoms with Gasteiger partial charge in [-0.05, 0) is 12.0 Å². The summed E-state index contributed by atoms with van der Waals surface area (Å²) in [5.74, 6) is -1.55. The van der Waals surface area contributed by atoms with Crippen LogP contribution in [0.25, 0.3) is 0 Å². The van der Waals surface area contributed by atoms with Gasteiger partial charge in [0.2, 0.25) is 0 Å². The zero-order valence-electron chi connectivity index (χ0n) is 17.0. The van der Waals surface area contributed by atoms with Gasteiger partial charge in [-0.3, -0.25) is 14.5 Å². The number of aromatic nitrogens is 3. The number of thiazole rings is 1. The Morgan fingerprint density at radius 1 is 1.42 bits per heavy atom. The number of thioether (sulfide) groups is 2. The molecule has 12 nitrogen and oxygen atoms in total. The van der Waals surface area contributed by atoms with Crippen molar-refractivity contribution < 1.29 is 24.7 Å². The minimum atomic E-state index is -1.20. The van der Waals surface area contributed by atoms with Crippen molar-refractivity contribution in [3.8, 4) is 0 Å². The predicted octanol–water partition coefficient (Wildman–Crippen LogP) is 0.295. The van der Waals surface area contributed by atoms with Crippen molar-refractivity contribution in [1.82, 2.24) is 23.9 Å². The van der Waals surface area contributed by atoms with Crippen molar-refractivity contribution in [2.75, 3.05) is 17.2 Å². The number of nitrogen functional groups attached to an aromatic ring is 1. The topological polar surface area (TPSA) is 184 Å². The Morgan fingerprint density at radius 2 is 2.21 bits per heavy atom. The molecule has 2 aromatic heterocycles. The zero-order valence-corrected chi connectivity index (χ0v) is 22.3. The Bertz CT molecular complexity index is 1120. The number of nitrogens with zero attached hydrogens (tertiary/aromatic N) is 5. The van der Waals surface area contributed by atoms with Crippen LogP contribution in [0.5, 0.6) is 0 Å². The Labute approximate surface area is 225 Å². The summed E-state index contributed by atoms with van der Waals surface area (Å²) in [7, 11) is 0. The maximum atomic E-state index is 12.7. The van der Waals surface area contributed by atoms with Crippen LogP contribution in [0, 0.1) is 0 Å². The summed E-state index contributed by atoms with van der Waals surface area (Å²) >= 11 is 4.99. The van der Waals surface area contributed by atoms with Crippen molar-refractivity contribution in [1.29, 1.82) is 0 Å². The quantitative estimate of drug-likeness (QED) is 0.0908. The number of nitrogens with one attached hydrogen (secondary N) is 1. The molecule has 0 saturated carbocycles. The summed E-state index contributed by atoms with van der Waals surface area (Å²) in [5, 5.41) is 26.3. The van der Waals surface area contributed by atoms with E-state index in [0.29, 0.717) is 23.5 Å². The van der Waals surface area contributed by atoms with Crippen LogP contribution in [0.4, 0.5) is 5.13 Å². The number of amides is 2. The van der Waals surface area contributed by atoms with E-state index in [2.05, 4.69) is 24.2 Å². The molecule has 169 valence electrons. The fourth-order valence-electron chi connectivity index (χ4n) is 3.19. The van der Waals surface area contributed by atoms with Gasteiger partial charge in [-0.15, -0.1) is 34.9 Å². The van der Waals surface area contributed by atoms with Gasteiger partial charge < -0.3 is 21.4 Å². The maximum absolute atomic E-state index is 12.7. The summed E-state index contributed by atoms with van der Waals surface area (Å²) < 4.78 is 8.02. The predicted molar refractivity (Wildman–Crippen MR) is 126 cm³/mol. The van der Waals surface area contributed by atoms with Crippen LogP contribution in [0.3, 0.4) is 0 Å². The number of carboxylic acid groups (broad SMARTS) is 1. The third-order valence-corrected chi connectivity index (χ3v) is 8.12. The minimum absolute atomic E-state index is 0. The average molecular weight is 537 g/mol. The minimum Gasteiger partial charge on any atom is -0.477 e. The second-order valence-corrected chi connectivity index (χ2v) is 10.1. The number of hydrogen-bond donors (Lipinski definition) is 4. The van der Waals surface area contributed by atoms with Crippen LogP contribution in [0.1, 0.15) is 12.1 Å². The van der Waals surface area contributed by atoms with Crippen LogP contribution >= 0.6 is 46.6 Å². The Balaban J connectivity index is 0.00000306. The molecule has 2 aliphatic heterocycles. The molecular weight excluding hydrogens is 521 g/mol. The molecule has 4 heterocycles. The molecule has 2 amide bonds. The van der Waals surface area contributed by atoms with E-state index in [-0.39, 0.29) is 51.8 Å². The standard InChI is InChI=1S/C16H15N7O5S4.Na/c17-16-19-7(5-31-16)9(21-28)12(24)20-10-13(25)23-11(15(26)27)6(4-30-14(10)23)1-2-29-8-3-18-32-22-8;/h3,5,10,14,28H,1-2,4H2,(H2,17,19)(H,20,24)(H,26,27);/b21-9-;/t10-,14-;/m1./s1. The first-order valence-electron chi connectivity index (χ1n) is 8.95. The molecular formula is C16H15N7NaO5S4. The molecule has 5 N–H and O–H groups in total. The molecule has 2 aliphatic rings. The largest absolute Gasteiger partial charge is 0.477 e. The fourth-order valence-corrected chi connectivity index (χ4v) is 6.51. The van der Waals surface area contributed by atoms with E-state index in [0.717, 1.165) is 28.1 Å². The van der Waals surface area contributed by atoms with E-state index >= 15 is 0 Å². The molecule has 17 heteroatoms. The van der Waals surface area contributed by atoms with Gasteiger partial charge in [0.25, 0.3) is 11.8 Å². The number of carbonyl (C=O) groups excluding carboxylic acids is 2. The average Bonchev–Trinajstić information content (AvgIpc) is 3.44. The van der Waals surface area contributed by atoms with Gasteiger partial charge in [-0.1, -0.05) is 5.16 Å². The van der Waals surface area contributed by atoms with E-state index in [4.69, 9.17) is 5.73 Å². The molecule has 2 atom stereocenters. The number of nitrogens with two attached hydrogens (primary N) is 1. The van der Waals surface area contributed by atoms with Gasteiger partial charge in [-0.2, -0.15) is 8.75 Å². The summed E-state index contributed by atoms with van der Waals surface area (Å²) in [6.45, 7) is 0. The number of oxime groups is 1. The van der Waals surface area contributed by atoms with Gasteiger partial charge in [-0.25, -0.2) is 9.78 Å². The van der Waals surface area contributed by atoms with Crippen molar-refractivity contribution in [2.24, 2.45) is 5.16 Å². The molecule has 4 rings (SSSR count). The van der Waals surface area contributed by atoms with E-state index in [1.54, 1.807) is 6.20 Å². The van der Waals surface area contributed by atoms with Gasteiger partial charge in [0.15, 0.2) is 10.8 Å². The van der Waals surface area contributed by atoms with Crippen molar-refractivity contribution in [2.45, 2.75) is 22.9 Å². The van der Waals surface area contributed by atoms with Crippen LogP contribution < -0.4 is 11.1 Å². The SMILES string of the molecule is Nc1nc(/C(=N/O)C(=O)N[C@@H]2C(=O)N3C(C(=O)O)=C(CCSc4cnsn4)CS[C@H]23)cs1.[Na]. The van der Waals surface area contributed by atoms with Gasteiger partial charge in [0, 0.05) is 46.4 Å². The molecule has 1 radical (unpaired) electrons. The summed E-state index contributed by atoms with van der Waals surface area (Å²) in [4.78, 5) is 42.3. The number of fused-ring (bicyclic) bond motifs is 1. The molecule has 0 bridgehead atoms. The van der Waals surface area contributed by atoms with Crippen LogP contribution in [0.2, 0.25) is 0 Å². The Kier molecular flexibility index (Phi) is 8.76. The Morgan fingerprint density at radius 3 is 2.82 bits per heavy atom. The molecule has 1 saturated heterocycles. The molecule has 0 aliphatic carbocycles. The first-order valence-corrected chi connectivity index (χ1v) is 12.6. The van der Waals surface area contributed by atoms with Crippen LogP contribution in [-0.4, -0.2) is 105 Å². The zero-order chi connectivity index (χ0) is 22.8. The van der Waals surface area contributed by atoms with E-state index in [1.807, 2.05) is 0 Å². The summed E-state index contributed by atoms with van der Waals surface area (Å²) in [6, 6.07) is -0.952. The van der Waals surface area contributed by atoms with Crippen molar-refractivity contribution in [3.63, 3.8) is 0 Å². The molecule has 2 aromatic rings. The second-order valence-electron chi connectivity index (χ2n) is 6.48. The smallest absolute Gasteiger partial charge is 0.352 e. The molecule has 0 spiro atoms. The third kappa shape index (κ3) is 5.36. The van der Waals surface area contributed by atoms with E-state index in [9.17, 15) is 24.7 Å². The first kappa shape index (κ1) is 25.9. The summed E-state index contributed by atoms with van der Waals surface area (Å²) in [6.07, 6.45) is 2.11. The number of anilines is 1. The maximum Gasteiger partial charge on any atom is 0.352 e. The number of carboxylic acids is 1. The first-order chi connectivity index (χ1) is 15.4.